The number of benzene rings is 1. The predicted octanol–water partition coefficient (Wildman–Crippen LogP) is 1.85. The minimum absolute atomic E-state index is 0.171. The molecule has 6 heteroatoms. The molecule has 1 N–H and O–H groups in total. The highest BCUT2D eigenvalue weighted by atomic mass is 79.9. The molecule has 0 saturated carbocycles. The van der Waals surface area contributed by atoms with Crippen LogP contribution in [0, 0.1) is 0 Å². The second-order valence-electron chi connectivity index (χ2n) is 3.87. The lowest BCUT2D eigenvalue weighted by Crippen LogP contribution is -2.35. The van der Waals surface area contributed by atoms with Gasteiger partial charge in [0.2, 0.25) is 0 Å². The number of carbonyl (C=O) groups is 1. The second-order valence-corrected chi connectivity index (χ2v) is 4.78. The van der Waals surface area contributed by atoms with Gasteiger partial charge < -0.3 is 19.5 Å². The summed E-state index contributed by atoms with van der Waals surface area (Å²) in [7, 11) is 4.70. The molecule has 19 heavy (non-hydrogen) atoms. The largest absolute Gasteiger partial charge is 0.496 e. The van der Waals surface area contributed by atoms with Gasteiger partial charge in [-0.1, -0.05) is 15.9 Å². The molecule has 0 aliphatic rings. The molecule has 0 aromatic heterocycles. The van der Waals surface area contributed by atoms with Crippen molar-refractivity contribution in [3.8, 4) is 5.75 Å². The summed E-state index contributed by atoms with van der Waals surface area (Å²) in [4.78, 5) is 12.1. The standard InChI is InChI=1S/C13H18BrNO4/c1-17-8-10(18-2)7-15-13(16)11-5-4-9(14)6-12(11)19-3/h4-6,10H,7-8H2,1-3H3,(H,15,16). The summed E-state index contributed by atoms with van der Waals surface area (Å²) < 4.78 is 16.2. The van der Waals surface area contributed by atoms with E-state index < -0.39 is 0 Å². The Kier molecular flexibility index (Phi) is 6.83. The fourth-order valence-corrected chi connectivity index (χ4v) is 1.89. The van der Waals surface area contributed by atoms with Gasteiger partial charge in [0.1, 0.15) is 5.75 Å². The minimum atomic E-state index is -0.206. The van der Waals surface area contributed by atoms with Gasteiger partial charge >= 0.3 is 0 Å². The average Bonchev–Trinajstić information content (AvgIpc) is 2.42. The zero-order valence-electron chi connectivity index (χ0n) is 11.2. The van der Waals surface area contributed by atoms with Crippen LogP contribution in [0.15, 0.2) is 22.7 Å². The Hall–Kier alpha value is -1.11. The maximum Gasteiger partial charge on any atom is 0.255 e. The van der Waals surface area contributed by atoms with Crippen LogP contribution in [0.2, 0.25) is 0 Å². The molecule has 0 heterocycles. The van der Waals surface area contributed by atoms with E-state index in [2.05, 4.69) is 21.2 Å². The highest BCUT2D eigenvalue weighted by molar-refractivity contribution is 9.10. The van der Waals surface area contributed by atoms with E-state index in [1.807, 2.05) is 0 Å². The molecule has 0 radical (unpaired) electrons. The molecule has 0 spiro atoms. The van der Waals surface area contributed by atoms with Crippen LogP contribution in [0.5, 0.6) is 5.75 Å². The Balaban J connectivity index is 2.67. The highest BCUT2D eigenvalue weighted by Gasteiger charge is 2.14. The van der Waals surface area contributed by atoms with Crippen molar-refractivity contribution in [3.05, 3.63) is 28.2 Å². The number of ether oxygens (including phenoxy) is 3. The Bertz CT molecular complexity index is 425. The van der Waals surface area contributed by atoms with Gasteiger partial charge in [0.25, 0.3) is 5.91 Å². The monoisotopic (exact) mass is 331 g/mol. The lowest BCUT2D eigenvalue weighted by atomic mass is 10.2. The van der Waals surface area contributed by atoms with Crippen LogP contribution in [-0.4, -0.2) is 46.5 Å². The van der Waals surface area contributed by atoms with Crippen molar-refractivity contribution in [3.63, 3.8) is 0 Å². The van der Waals surface area contributed by atoms with Gasteiger partial charge in [-0.25, -0.2) is 0 Å². The normalized spacial score (nSPS) is 12.0. The van der Waals surface area contributed by atoms with E-state index in [4.69, 9.17) is 14.2 Å². The topological polar surface area (TPSA) is 56.8 Å². The van der Waals surface area contributed by atoms with Gasteiger partial charge in [-0.2, -0.15) is 0 Å². The third kappa shape index (κ3) is 4.81. The van der Waals surface area contributed by atoms with Gasteiger partial charge in [-0.15, -0.1) is 0 Å². The molecule has 1 aromatic rings. The first-order valence-electron chi connectivity index (χ1n) is 5.75. The van der Waals surface area contributed by atoms with Gasteiger partial charge in [0, 0.05) is 25.2 Å². The third-order valence-electron chi connectivity index (χ3n) is 2.58. The SMILES string of the molecule is COCC(CNC(=O)c1ccc(Br)cc1OC)OC. The molecule has 0 bridgehead atoms. The van der Waals surface area contributed by atoms with Crippen molar-refractivity contribution in [1.82, 2.24) is 5.32 Å². The molecule has 1 aromatic carbocycles. The van der Waals surface area contributed by atoms with Crippen molar-refractivity contribution in [2.75, 3.05) is 34.5 Å². The molecule has 1 rings (SSSR count). The first-order chi connectivity index (χ1) is 9.12. The molecule has 0 aliphatic carbocycles. The summed E-state index contributed by atoms with van der Waals surface area (Å²) in [5.41, 5.74) is 0.484. The molecule has 0 fully saturated rings. The maximum atomic E-state index is 12.1. The number of hydrogen-bond acceptors (Lipinski definition) is 4. The maximum absolute atomic E-state index is 12.1. The number of carbonyl (C=O) groups excluding carboxylic acids is 1. The predicted molar refractivity (Wildman–Crippen MR) is 75.7 cm³/mol. The number of hydrogen-bond donors (Lipinski definition) is 1. The van der Waals surface area contributed by atoms with E-state index in [-0.39, 0.29) is 12.0 Å². The molecule has 1 atom stereocenters. The van der Waals surface area contributed by atoms with E-state index in [1.54, 1.807) is 32.4 Å². The summed E-state index contributed by atoms with van der Waals surface area (Å²) in [5, 5.41) is 2.79. The average molecular weight is 332 g/mol. The van der Waals surface area contributed by atoms with Gasteiger partial charge in [0.15, 0.2) is 0 Å². The minimum Gasteiger partial charge on any atom is -0.496 e. The zero-order valence-corrected chi connectivity index (χ0v) is 12.8. The molecule has 5 nitrogen and oxygen atoms in total. The summed E-state index contributed by atoms with van der Waals surface area (Å²) in [6.07, 6.45) is -0.171. The second kappa shape index (κ2) is 8.14. The molecular formula is C13H18BrNO4. The Morgan fingerprint density at radius 3 is 2.68 bits per heavy atom. The zero-order chi connectivity index (χ0) is 14.3. The number of rotatable bonds is 7. The highest BCUT2D eigenvalue weighted by Crippen LogP contribution is 2.23. The van der Waals surface area contributed by atoms with E-state index in [9.17, 15) is 4.79 Å². The molecule has 106 valence electrons. The van der Waals surface area contributed by atoms with Crippen LogP contribution in [0.4, 0.5) is 0 Å². The van der Waals surface area contributed by atoms with Crippen molar-refractivity contribution in [2.45, 2.75) is 6.10 Å². The van der Waals surface area contributed by atoms with Crippen LogP contribution in [0.25, 0.3) is 0 Å². The lowest BCUT2D eigenvalue weighted by molar-refractivity contribution is 0.0285. The first-order valence-corrected chi connectivity index (χ1v) is 6.55. The van der Waals surface area contributed by atoms with Crippen molar-refractivity contribution in [1.29, 1.82) is 0 Å². The van der Waals surface area contributed by atoms with Crippen LogP contribution in [-0.2, 0) is 9.47 Å². The summed E-state index contributed by atoms with van der Waals surface area (Å²) in [6, 6.07) is 5.24. The fourth-order valence-electron chi connectivity index (χ4n) is 1.55. The van der Waals surface area contributed by atoms with Gasteiger partial charge in [0.05, 0.1) is 25.4 Å². The van der Waals surface area contributed by atoms with E-state index in [1.165, 1.54) is 7.11 Å². The van der Waals surface area contributed by atoms with E-state index in [0.29, 0.717) is 24.5 Å². The third-order valence-corrected chi connectivity index (χ3v) is 3.08. The molecule has 1 amide bonds. The van der Waals surface area contributed by atoms with Crippen LogP contribution in [0.1, 0.15) is 10.4 Å². The van der Waals surface area contributed by atoms with Crippen LogP contribution >= 0.6 is 15.9 Å². The van der Waals surface area contributed by atoms with E-state index >= 15 is 0 Å². The summed E-state index contributed by atoms with van der Waals surface area (Å²) >= 11 is 3.33. The van der Waals surface area contributed by atoms with Gasteiger partial charge in [-0.3, -0.25) is 4.79 Å². The molecular weight excluding hydrogens is 314 g/mol. The Labute approximate surface area is 121 Å². The van der Waals surface area contributed by atoms with Crippen molar-refractivity contribution < 1.29 is 19.0 Å². The quantitative estimate of drug-likeness (QED) is 0.828. The smallest absolute Gasteiger partial charge is 0.255 e. The molecule has 1 unspecified atom stereocenters. The summed E-state index contributed by atoms with van der Waals surface area (Å²) in [6.45, 7) is 0.802. The lowest BCUT2D eigenvalue weighted by Gasteiger charge is -2.15. The Morgan fingerprint density at radius 2 is 2.11 bits per heavy atom. The number of methoxy groups -OCH3 is 3. The molecule has 0 aliphatic heterocycles. The van der Waals surface area contributed by atoms with E-state index in [0.717, 1.165) is 4.47 Å². The van der Waals surface area contributed by atoms with Crippen LogP contribution < -0.4 is 10.1 Å². The summed E-state index contributed by atoms with van der Waals surface area (Å²) in [5.74, 6) is 0.315. The number of halogens is 1. The number of nitrogens with one attached hydrogen (secondary N) is 1. The number of amides is 1. The fraction of sp³-hybridized carbons (Fsp3) is 0.462. The van der Waals surface area contributed by atoms with Crippen LogP contribution in [0.3, 0.4) is 0 Å². The van der Waals surface area contributed by atoms with Crippen molar-refractivity contribution in [2.24, 2.45) is 0 Å². The van der Waals surface area contributed by atoms with Crippen molar-refractivity contribution >= 4 is 21.8 Å². The Morgan fingerprint density at radius 1 is 1.37 bits per heavy atom. The van der Waals surface area contributed by atoms with Gasteiger partial charge in [-0.05, 0) is 18.2 Å². The first kappa shape index (κ1) is 15.9. The molecule has 0 saturated heterocycles.